The van der Waals surface area contributed by atoms with Crippen molar-refractivity contribution in [1.29, 1.82) is 0 Å². The first-order valence-corrected chi connectivity index (χ1v) is 17.9. The van der Waals surface area contributed by atoms with Crippen molar-refractivity contribution in [3.05, 3.63) is 58.1 Å². The maximum Gasteiger partial charge on any atom is 0.264 e. The molecule has 1 saturated heterocycles. The molecule has 1 N–H and O–H groups in total. The van der Waals surface area contributed by atoms with Crippen LogP contribution in [0, 0.1) is 17.3 Å². The maximum absolute atomic E-state index is 13.4. The van der Waals surface area contributed by atoms with E-state index in [1.807, 2.05) is 37.3 Å². The van der Waals surface area contributed by atoms with Crippen LogP contribution in [-0.2, 0) is 27.8 Å². The van der Waals surface area contributed by atoms with Crippen LogP contribution >= 0.6 is 11.6 Å². The average molecular weight is 629 g/mol. The second kappa shape index (κ2) is 11.9. The molecule has 1 spiro atoms. The van der Waals surface area contributed by atoms with Gasteiger partial charge in [-0.3, -0.25) is 4.79 Å². The number of rotatable bonds is 0. The highest BCUT2D eigenvalue weighted by molar-refractivity contribution is 7.90. The first kappa shape index (κ1) is 30.7. The molecule has 7 nitrogen and oxygen atoms in total. The fourth-order valence-corrected chi connectivity index (χ4v) is 9.42. The van der Waals surface area contributed by atoms with E-state index in [2.05, 4.69) is 16.5 Å². The third kappa shape index (κ3) is 6.04. The average Bonchev–Trinajstić information content (AvgIpc) is 2.97. The van der Waals surface area contributed by atoms with Crippen LogP contribution < -0.4 is 14.4 Å². The summed E-state index contributed by atoms with van der Waals surface area (Å²) in [7, 11) is -3.86. The molecule has 1 saturated carbocycles. The number of benzene rings is 2. The van der Waals surface area contributed by atoms with E-state index in [0.29, 0.717) is 23.8 Å². The number of ether oxygens (including phenoxy) is 2. The molecular weight excluding hydrogens is 584 g/mol. The van der Waals surface area contributed by atoms with Crippen molar-refractivity contribution >= 4 is 33.2 Å². The van der Waals surface area contributed by atoms with E-state index in [1.165, 1.54) is 5.56 Å². The maximum atomic E-state index is 13.4. The van der Waals surface area contributed by atoms with Crippen LogP contribution in [-0.4, -0.2) is 44.9 Å². The molecule has 3 heterocycles. The molecule has 2 aromatic rings. The lowest BCUT2D eigenvalue weighted by Crippen LogP contribution is -2.62. The van der Waals surface area contributed by atoms with Crippen molar-refractivity contribution < 1.29 is 22.7 Å². The molecule has 5 atom stereocenters. The van der Waals surface area contributed by atoms with E-state index in [-0.39, 0.29) is 16.9 Å². The van der Waals surface area contributed by atoms with Gasteiger partial charge in [0.1, 0.15) is 12.4 Å². The van der Waals surface area contributed by atoms with Gasteiger partial charge in [-0.15, -0.1) is 0 Å². The molecular formula is C34H45ClN2O5S. The molecule has 2 aromatic carbocycles. The minimum atomic E-state index is -3.86. The van der Waals surface area contributed by atoms with Crippen LogP contribution in [0.4, 0.5) is 5.69 Å². The third-order valence-electron chi connectivity index (χ3n) is 11.0. The van der Waals surface area contributed by atoms with Crippen molar-refractivity contribution in [3.63, 3.8) is 0 Å². The monoisotopic (exact) mass is 628 g/mol. The highest BCUT2D eigenvalue weighted by Crippen LogP contribution is 2.58. The van der Waals surface area contributed by atoms with Crippen LogP contribution in [0.5, 0.6) is 5.75 Å². The molecule has 1 unspecified atom stereocenters. The summed E-state index contributed by atoms with van der Waals surface area (Å²) >= 11 is 6.35. The zero-order valence-corrected chi connectivity index (χ0v) is 27.2. The van der Waals surface area contributed by atoms with Crippen LogP contribution in [0.2, 0.25) is 5.02 Å². The summed E-state index contributed by atoms with van der Waals surface area (Å²) in [6.07, 6.45) is 8.86. The number of halogens is 1. The molecule has 2 bridgehead atoms. The lowest BCUT2D eigenvalue weighted by Gasteiger charge is -2.61. The van der Waals surface area contributed by atoms with E-state index in [1.54, 1.807) is 13.0 Å². The molecule has 6 rings (SSSR count). The SMILES string of the molecule is C[C@@H]1[C@@H](C)CCC[C@@]2(CCO2)[C@@H]2CCC2(C)CN2CCCCc3cc(Cl)ccc3COc3ccc(cc32)C(=O)NS1(=O)=O. The van der Waals surface area contributed by atoms with Crippen molar-refractivity contribution in [2.24, 2.45) is 17.3 Å². The van der Waals surface area contributed by atoms with Gasteiger partial charge in [0, 0.05) is 30.1 Å². The molecule has 9 heteroatoms. The summed E-state index contributed by atoms with van der Waals surface area (Å²) < 4.78 is 41.9. The number of sulfonamides is 1. The predicted molar refractivity (Wildman–Crippen MR) is 170 cm³/mol. The van der Waals surface area contributed by atoms with E-state index in [0.717, 1.165) is 93.8 Å². The van der Waals surface area contributed by atoms with Gasteiger partial charge in [-0.25, -0.2) is 13.1 Å². The highest BCUT2D eigenvalue weighted by atomic mass is 35.5. The number of nitrogens with zero attached hydrogens (tertiary/aromatic N) is 1. The van der Waals surface area contributed by atoms with Crippen LogP contribution in [0.3, 0.4) is 0 Å². The number of amides is 1. The Labute approximate surface area is 261 Å². The minimum absolute atomic E-state index is 0.0614. The molecule has 234 valence electrons. The molecule has 3 aliphatic heterocycles. The van der Waals surface area contributed by atoms with Gasteiger partial charge in [0.15, 0.2) is 0 Å². The zero-order chi connectivity index (χ0) is 30.4. The van der Waals surface area contributed by atoms with Gasteiger partial charge in [0.25, 0.3) is 5.91 Å². The Hall–Kier alpha value is -2.29. The summed E-state index contributed by atoms with van der Waals surface area (Å²) in [4.78, 5) is 15.8. The number of fused-ring (bicyclic) bond motifs is 4. The van der Waals surface area contributed by atoms with Gasteiger partial charge in [0.2, 0.25) is 10.0 Å². The van der Waals surface area contributed by atoms with Gasteiger partial charge in [-0.2, -0.15) is 0 Å². The summed E-state index contributed by atoms with van der Waals surface area (Å²) in [5.41, 5.74) is 3.39. The lowest BCUT2D eigenvalue weighted by atomic mass is 9.52. The molecule has 1 aliphatic carbocycles. The van der Waals surface area contributed by atoms with E-state index >= 15 is 0 Å². The first-order valence-electron chi connectivity index (χ1n) is 16.0. The lowest BCUT2D eigenvalue weighted by molar-refractivity contribution is -0.235. The second-order valence-electron chi connectivity index (χ2n) is 13.7. The zero-order valence-electron chi connectivity index (χ0n) is 25.7. The smallest absolute Gasteiger partial charge is 0.264 e. The van der Waals surface area contributed by atoms with Crippen LogP contribution in [0.25, 0.3) is 0 Å². The number of hydrogen-bond acceptors (Lipinski definition) is 6. The number of hydrogen-bond donors (Lipinski definition) is 1. The Morgan fingerprint density at radius 2 is 1.81 bits per heavy atom. The molecule has 2 fully saturated rings. The van der Waals surface area contributed by atoms with Gasteiger partial charge < -0.3 is 14.4 Å². The molecule has 0 aromatic heterocycles. The molecule has 1 amide bonds. The van der Waals surface area contributed by atoms with Gasteiger partial charge in [-0.1, -0.05) is 37.9 Å². The first-order chi connectivity index (χ1) is 20.5. The molecule has 43 heavy (non-hydrogen) atoms. The van der Waals surface area contributed by atoms with Crippen molar-refractivity contribution in [3.8, 4) is 5.75 Å². The van der Waals surface area contributed by atoms with E-state index in [9.17, 15) is 13.2 Å². The van der Waals surface area contributed by atoms with Crippen molar-refractivity contribution in [2.75, 3.05) is 24.6 Å². The fourth-order valence-electron chi connectivity index (χ4n) is 7.91. The number of carbonyl (C=O) groups is 1. The topological polar surface area (TPSA) is 84.9 Å². The van der Waals surface area contributed by atoms with Crippen molar-refractivity contribution in [1.82, 2.24) is 4.72 Å². The molecule has 0 radical (unpaired) electrons. The Balaban J connectivity index is 1.41. The predicted octanol–water partition coefficient (Wildman–Crippen LogP) is 6.91. The van der Waals surface area contributed by atoms with Crippen LogP contribution in [0.1, 0.15) is 93.6 Å². The Morgan fingerprint density at radius 1 is 1.00 bits per heavy atom. The third-order valence-corrected chi connectivity index (χ3v) is 13.1. The Morgan fingerprint density at radius 3 is 2.53 bits per heavy atom. The Kier molecular flexibility index (Phi) is 8.50. The second-order valence-corrected chi connectivity index (χ2v) is 16.2. The molecule has 4 aliphatic rings. The van der Waals surface area contributed by atoms with Crippen LogP contribution in [0.15, 0.2) is 36.4 Å². The normalized spacial score (nSPS) is 33.0. The largest absolute Gasteiger partial charge is 0.487 e. The quantitative estimate of drug-likeness (QED) is 0.341. The minimum Gasteiger partial charge on any atom is -0.487 e. The van der Waals surface area contributed by atoms with Gasteiger partial charge in [0.05, 0.1) is 23.1 Å². The summed E-state index contributed by atoms with van der Waals surface area (Å²) in [6, 6.07) is 11.3. The number of aryl methyl sites for hydroxylation is 1. The Bertz CT molecular complexity index is 1480. The number of anilines is 1. The number of carbonyl (C=O) groups excluding carboxylic acids is 1. The van der Waals surface area contributed by atoms with E-state index in [4.69, 9.17) is 21.1 Å². The fraction of sp³-hybridized carbons (Fsp3) is 0.618. The summed E-state index contributed by atoms with van der Waals surface area (Å²) in [6.45, 7) is 8.91. The van der Waals surface area contributed by atoms with Gasteiger partial charge >= 0.3 is 0 Å². The number of nitrogens with one attached hydrogen (secondary N) is 1. The van der Waals surface area contributed by atoms with Crippen molar-refractivity contribution in [2.45, 2.75) is 96.0 Å². The standard InChI is InChI=1S/C34H45ClN2O5S/c1-23-7-6-14-34(16-18-42-34)31-13-15-33(31,3)22-37-17-5-4-8-25-19-28(35)11-9-27(25)21-41-30-12-10-26(20-29(30)37)32(38)36-43(39,40)24(23)2/h9-12,19-20,23-24,31H,4-8,13-18,21-22H2,1-3H3,(H,36,38)/t23-,24+,31+,33?,34+/m0/s1. The van der Waals surface area contributed by atoms with Gasteiger partial charge in [-0.05, 0) is 111 Å². The highest BCUT2D eigenvalue weighted by Gasteiger charge is 2.57. The summed E-state index contributed by atoms with van der Waals surface area (Å²) in [5.74, 6) is 0.452. The summed E-state index contributed by atoms with van der Waals surface area (Å²) in [5, 5.41) is 0.0374. The van der Waals surface area contributed by atoms with E-state index < -0.39 is 21.2 Å².